The molecule has 0 N–H and O–H groups in total. The number of sulfonamides is 1. The molecule has 2 saturated heterocycles. The Labute approximate surface area is 189 Å². The summed E-state index contributed by atoms with van der Waals surface area (Å²) in [5.41, 5.74) is -0.791. The highest BCUT2D eigenvalue weighted by atomic mass is 32.2. The van der Waals surface area contributed by atoms with E-state index in [1.54, 1.807) is 11.2 Å². The number of hydrogen-bond donors (Lipinski definition) is 0. The van der Waals surface area contributed by atoms with E-state index in [2.05, 4.69) is 15.0 Å². The second kappa shape index (κ2) is 8.08. The van der Waals surface area contributed by atoms with Crippen molar-refractivity contribution in [3.8, 4) is 17.5 Å². The Hall–Kier alpha value is -2.47. The van der Waals surface area contributed by atoms with Gasteiger partial charge in [0.15, 0.2) is 11.4 Å². The lowest BCUT2D eigenvalue weighted by Crippen LogP contribution is -2.50. The predicted octanol–water partition coefficient (Wildman–Crippen LogP) is 3.86. The normalized spacial score (nSPS) is 25.8. The topological polar surface area (TPSA) is 94.5 Å². The molecule has 1 aliphatic carbocycles. The SMILES string of the molecule is Cc1c(Oc2cccnc2C(F)(F)F)ncnc1OC1CC2CCC(C1)N2S(=O)(=O)C1CC1. The lowest BCUT2D eigenvalue weighted by Gasteiger charge is -2.37. The minimum absolute atomic E-state index is 0.0600. The van der Waals surface area contributed by atoms with E-state index in [0.717, 1.165) is 31.9 Å². The van der Waals surface area contributed by atoms with Crippen LogP contribution in [-0.4, -0.2) is 51.1 Å². The van der Waals surface area contributed by atoms with Gasteiger partial charge in [-0.2, -0.15) is 17.5 Å². The van der Waals surface area contributed by atoms with Crippen LogP contribution < -0.4 is 9.47 Å². The summed E-state index contributed by atoms with van der Waals surface area (Å²) in [4.78, 5) is 11.5. The third-order valence-electron chi connectivity index (χ3n) is 6.38. The Balaban J connectivity index is 1.32. The highest BCUT2D eigenvalue weighted by molar-refractivity contribution is 7.90. The van der Waals surface area contributed by atoms with E-state index in [0.29, 0.717) is 18.4 Å². The third kappa shape index (κ3) is 4.25. The summed E-state index contributed by atoms with van der Waals surface area (Å²) < 4.78 is 78.6. The lowest BCUT2D eigenvalue weighted by molar-refractivity contribution is -0.142. The molecule has 3 aliphatic rings. The first kappa shape index (κ1) is 22.3. The predicted molar refractivity (Wildman–Crippen MR) is 110 cm³/mol. The number of fused-ring (bicyclic) bond motifs is 2. The summed E-state index contributed by atoms with van der Waals surface area (Å²) in [7, 11) is -3.25. The quantitative estimate of drug-likeness (QED) is 0.615. The highest BCUT2D eigenvalue weighted by Crippen LogP contribution is 2.44. The second-order valence-electron chi connectivity index (χ2n) is 8.73. The van der Waals surface area contributed by atoms with Crippen LogP contribution in [0.2, 0.25) is 0 Å². The molecule has 2 unspecified atom stereocenters. The fraction of sp³-hybridized carbons (Fsp3) is 0.571. The van der Waals surface area contributed by atoms with Crippen molar-refractivity contribution in [3.05, 3.63) is 35.9 Å². The second-order valence-corrected chi connectivity index (χ2v) is 10.8. The van der Waals surface area contributed by atoms with E-state index in [4.69, 9.17) is 9.47 Å². The van der Waals surface area contributed by atoms with Crippen LogP contribution >= 0.6 is 0 Å². The zero-order chi connectivity index (χ0) is 23.4. The lowest BCUT2D eigenvalue weighted by atomic mass is 10.0. The van der Waals surface area contributed by atoms with Crippen molar-refractivity contribution < 1.29 is 31.1 Å². The molecule has 8 nitrogen and oxygen atoms in total. The van der Waals surface area contributed by atoms with Crippen LogP contribution in [0.25, 0.3) is 0 Å². The van der Waals surface area contributed by atoms with Gasteiger partial charge in [-0.25, -0.2) is 23.4 Å². The smallest absolute Gasteiger partial charge is 0.437 e. The molecule has 0 amide bonds. The molecule has 1 saturated carbocycles. The van der Waals surface area contributed by atoms with Crippen molar-refractivity contribution in [2.75, 3.05) is 0 Å². The molecular weight excluding hydrogens is 461 g/mol. The molecule has 178 valence electrons. The number of alkyl halides is 3. The monoisotopic (exact) mass is 484 g/mol. The van der Waals surface area contributed by atoms with Crippen molar-refractivity contribution in [1.29, 1.82) is 0 Å². The molecular formula is C21H23F3N4O4S. The number of pyridine rings is 1. The van der Waals surface area contributed by atoms with Gasteiger partial charge in [-0.1, -0.05) is 0 Å². The van der Waals surface area contributed by atoms with Gasteiger partial charge >= 0.3 is 6.18 Å². The van der Waals surface area contributed by atoms with E-state index < -0.39 is 27.6 Å². The van der Waals surface area contributed by atoms with Gasteiger partial charge in [0.05, 0.1) is 10.8 Å². The number of rotatable bonds is 6. The molecule has 2 atom stereocenters. The van der Waals surface area contributed by atoms with Gasteiger partial charge in [0.25, 0.3) is 0 Å². The number of piperidine rings is 1. The van der Waals surface area contributed by atoms with Gasteiger partial charge in [-0.3, -0.25) is 0 Å². The standard InChI is InChI=1S/C21H23F3N4O4S/c1-12-19(26-11-27-20(12)32-17-3-2-8-25-18(17)21(22,23)24)31-15-9-13-4-5-14(10-15)28(13)33(29,30)16-6-7-16/h2-3,8,11,13-16H,4-7,9-10H2,1H3. The van der Waals surface area contributed by atoms with Gasteiger partial charge in [-0.15, -0.1) is 0 Å². The van der Waals surface area contributed by atoms with Crippen LogP contribution in [0.5, 0.6) is 17.5 Å². The molecule has 12 heteroatoms. The van der Waals surface area contributed by atoms with Gasteiger partial charge in [0.2, 0.25) is 21.8 Å². The minimum atomic E-state index is -4.68. The Morgan fingerprint density at radius 2 is 1.70 bits per heavy atom. The summed E-state index contributed by atoms with van der Waals surface area (Å²) in [5, 5.41) is -0.240. The van der Waals surface area contributed by atoms with Crippen LogP contribution in [0, 0.1) is 6.92 Å². The summed E-state index contributed by atoms with van der Waals surface area (Å²) in [6.45, 7) is 1.61. The molecule has 0 aromatic carbocycles. The molecule has 2 aromatic rings. The highest BCUT2D eigenvalue weighted by Gasteiger charge is 2.52. The molecule has 3 fully saturated rings. The Morgan fingerprint density at radius 1 is 1.03 bits per heavy atom. The van der Waals surface area contributed by atoms with Crippen LogP contribution in [0.1, 0.15) is 49.8 Å². The van der Waals surface area contributed by atoms with Gasteiger partial charge in [0.1, 0.15) is 12.4 Å². The van der Waals surface area contributed by atoms with Gasteiger partial charge in [0, 0.05) is 31.1 Å². The van der Waals surface area contributed by atoms with Gasteiger partial charge in [-0.05, 0) is 44.7 Å². The van der Waals surface area contributed by atoms with Crippen LogP contribution in [0.3, 0.4) is 0 Å². The summed E-state index contributed by atoms with van der Waals surface area (Å²) in [5.74, 6) is -0.315. The van der Waals surface area contributed by atoms with E-state index in [1.807, 2.05) is 0 Å². The zero-order valence-corrected chi connectivity index (χ0v) is 18.6. The largest absolute Gasteiger partial charge is 0.474 e. The van der Waals surface area contributed by atoms with Crippen molar-refractivity contribution in [2.24, 2.45) is 0 Å². The van der Waals surface area contributed by atoms with E-state index in [1.165, 1.54) is 18.5 Å². The van der Waals surface area contributed by atoms with Crippen molar-refractivity contribution in [3.63, 3.8) is 0 Å². The summed E-state index contributed by atoms with van der Waals surface area (Å²) >= 11 is 0. The van der Waals surface area contributed by atoms with Crippen molar-refractivity contribution in [2.45, 2.75) is 75.1 Å². The Kier molecular flexibility index (Phi) is 5.47. The first-order valence-corrected chi connectivity index (χ1v) is 12.4. The molecule has 2 bridgehead atoms. The minimum Gasteiger partial charge on any atom is -0.474 e. The molecule has 0 spiro atoms. The molecule has 33 heavy (non-hydrogen) atoms. The van der Waals surface area contributed by atoms with E-state index in [9.17, 15) is 21.6 Å². The maximum absolute atomic E-state index is 13.2. The van der Waals surface area contributed by atoms with Crippen molar-refractivity contribution >= 4 is 10.0 Å². The first-order chi connectivity index (χ1) is 15.6. The molecule has 5 rings (SSSR count). The van der Waals surface area contributed by atoms with Crippen LogP contribution in [0.4, 0.5) is 13.2 Å². The fourth-order valence-corrected chi connectivity index (χ4v) is 7.01. The molecule has 4 heterocycles. The third-order valence-corrected chi connectivity index (χ3v) is 8.88. The number of ether oxygens (including phenoxy) is 2. The van der Waals surface area contributed by atoms with Crippen molar-refractivity contribution in [1.82, 2.24) is 19.3 Å². The Bertz CT molecular complexity index is 1140. The molecule has 0 radical (unpaired) electrons. The number of nitrogens with zero attached hydrogens (tertiary/aromatic N) is 4. The number of aromatic nitrogens is 3. The number of halogens is 3. The summed E-state index contributed by atoms with van der Waals surface area (Å²) in [6, 6.07) is 2.33. The zero-order valence-electron chi connectivity index (χ0n) is 17.8. The van der Waals surface area contributed by atoms with E-state index in [-0.39, 0.29) is 35.2 Å². The van der Waals surface area contributed by atoms with Crippen LogP contribution in [-0.2, 0) is 16.2 Å². The van der Waals surface area contributed by atoms with Gasteiger partial charge < -0.3 is 9.47 Å². The fourth-order valence-electron chi connectivity index (χ4n) is 4.72. The molecule has 2 aliphatic heterocycles. The van der Waals surface area contributed by atoms with E-state index >= 15 is 0 Å². The van der Waals surface area contributed by atoms with Crippen LogP contribution in [0.15, 0.2) is 24.7 Å². The number of hydrogen-bond acceptors (Lipinski definition) is 7. The maximum Gasteiger partial charge on any atom is 0.437 e. The average molecular weight is 485 g/mol. The average Bonchev–Trinajstić information content (AvgIpc) is 3.57. The Morgan fingerprint density at radius 3 is 2.33 bits per heavy atom. The first-order valence-electron chi connectivity index (χ1n) is 10.8. The maximum atomic E-state index is 13.2. The summed E-state index contributed by atoms with van der Waals surface area (Å²) in [6.07, 6.45) is 1.44. The molecule has 2 aromatic heterocycles.